The molecule has 5 aromatic rings. The normalized spacial score (nSPS) is 10.8. The van der Waals surface area contributed by atoms with Crippen LogP contribution in [0, 0.1) is 0 Å². The van der Waals surface area contributed by atoms with E-state index in [0.29, 0.717) is 23.6 Å². The first-order chi connectivity index (χ1) is 15.2. The van der Waals surface area contributed by atoms with Crippen LogP contribution in [0.1, 0.15) is 15.9 Å². The van der Waals surface area contributed by atoms with Crippen molar-refractivity contribution in [1.82, 2.24) is 19.8 Å². The fraction of sp³-hybridized carbons (Fsp3) is 0.0435. The van der Waals surface area contributed by atoms with Gasteiger partial charge in [-0.2, -0.15) is 9.61 Å². The molecule has 2 aromatic heterocycles. The van der Waals surface area contributed by atoms with Crippen LogP contribution < -0.4 is 10.1 Å². The van der Waals surface area contributed by atoms with E-state index >= 15 is 0 Å². The van der Waals surface area contributed by atoms with Crippen LogP contribution in [0.2, 0.25) is 0 Å². The van der Waals surface area contributed by atoms with Crippen LogP contribution in [0.4, 0.5) is 5.69 Å². The van der Waals surface area contributed by atoms with E-state index in [-0.39, 0.29) is 5.91 Å². The number of nitrogens with zero attached hydrogens (tertiary/aromatic N) is 4. The minimum atomic E-state index is -0.208. The molecule has 1 N–H and O–H groups in total. The van der Waals surface area contributed by atoms with Crippen LogP contribution >= 0.6 is 11.3 Å². The summed E-state index contributed by atoms with van der Waals surface area (Å²) in [6.45, 7) is 0.445. The van der Waals surface area contributed by atoms with Crippen molar-refractivity contribution in [2.24, 2.45) is 0 Å². The predicted octanol–water partition coefficient (Wildman–Crippen LogP) is 4.68. The molecule has 152 valence electrons. The number of benzene rings is 3. The van der Waals surface area contributed by atoms with Crippen LogP contribution in [0.25, 0.3) is 15.5 Å². The number of ether oxygens (including phenoxy) is 1. The third-order valence-corrected chi connectivity index (χ3v) is 5.56. The molecular formula is C23H17N5O2S. The SMILES string of the molecule is O=C(Nc1cccc(-c2nn3cnnc3s2)c1)c1cccc(OCc2ccccc2)c1. The van der Waals surface area contributed by atoms with E-state index in [9.17, 15) is 4.79 Å². The lowest BCUT2D eigenvalue weighted by molar-refractivity contribution is 0.102. The van der Waals surface area contributed by atoms with Crippen molar-refractivity contribution in [3.05, 3.63) is 96.3 Å². The van der Waals surface area contributed by atoms with Crippen molar-refractivity contribution < 1.29 is 9.53 Å². The quantitative estimate of drug-likeness (QED) is 0.425. The summed E-state index contributed by atoms with van der Waals surface area (Å²) in [6.07, 6.45) is 1.56. The number of nitrogens with one attached hydrogen (secondary N) is 1. The first kappa shape index (κ1) is 19.0. The number of anilines is 1. The highest BCUT2D eigenvalue weighted by molar-refractivity contribution is 7.19. The van der Waals surface area contributed by atoms with E-state index < -0.39 is 0 Å². The average molecular weight is 427 g/mol. The molecule has 5 rings (SSSR count). The van der Waals surface area contributed by atoms with Gasteiger partial charge in [0.2, 0.25) is 4.96 Å². The molecule has 0 fully saturated rings. The molecule has 8 heteroatoms. The maximum absolute atomic E-state index is 12.8. The van der Waals surface area contributed by atoms with Gasteiger partial charge in [0.25, 0.3) is 5.91 Å². The van der Waals surface area contributed by atoms with E-state index in [1.807, 2.05) is 66.7 Å². The molecular weight excluding hydrogens is 410 g/mol. The van der Waals surface area contributed by atoms with Crippen molar-refractivity contribution in [3.63, 3.8) is 0 Å². The summed E-state index contributed by atoms with van der Waals surface area (Å²) in [4.78, 5) is 13.5. The standard InChI is InChI=1S/C23H17N5O2S/c29-21(17-8-5-11-20(13-17)30-14-16-6-2-1-3-7-16)25-19-10-4-9-18(12-19)22-27-28-15-24-26-23(28)31-22/h1-13,15H,14H2,(H,25,29). The van der Waals surface area contributed by atoms with Crippen LogP contribution in [-0.2, 0) is 6.61 Å². The summed E-state index contributed by atoms with van der Waals surface area (Å²) < 4.78 is 7.46. The highest BCUT2D eigenvalue weighted by atomic mass is 32.1. The second kappa shape index (κ2) is 8.37. The Morgan fingerprint density at radius 1 is 1.00 bits per heavy atom. The van der Waals surface area contributed by atoms with Gasteiger partial charge in [-0.25, -0.2) is 0 Å². The van der Waals surface area contributed by atoms with E-state index in [2.05, 4.69) is 20.6 Å². The summed E-state index contributed by atoms with van der Waals surface area (Å²) in [7, 11) is 0. The maximum Gasteiger partial charge on any atom is 0.255 e. The molecule has 0 saturated heterocycles. The Kier molecular flexibility index (Phi) is 5.12. The lowest BCUT2D eigenvalue weighted by Crippen LogP contribution is -2.12. The van der Waals surface area contributed by atoms with Gasteiger partial charge < -0.3 is 10.1 Å². The van der Waals surface area contributed by atoms with Gasteiger partial charge in [0.05, 0.1) is 0 Å². The number of rotatable bonds is 6. The van der Waals surface area contributed by atoms with Gasteiger partial charge in [-0.3, -0.25) is 4.79 Å². The first-order valence-corrected chi connectivity index (χ1v) is 10.4. The fourth-order valence-corrected chi connectivity index (χ4v) is 3.89. The molecule has 0 unspecified atom stereocenters. The largest absolute Gasteiger partial charge is 0.489 e. The number of hydrogen-bond acceptors (Lipinski definition) is 6. The second-order valence-electron chi connectivity index (χ2n) is 6.80. The molecule has 0 bridgehead atoms. The topological polar surface area (TPSA) is 81.4 Å². The van der Waals surface area contributed by atoms with Gasteiger partial charge in [-0.05, 0) is 35.9 Å². The average Bonchev–Trinajstić information content (AvgIpc) is 3.41. The molecule has 2 heterocycles. The Morgan fingerprint density at radius 3 is 2.74 bits per heavy atom. The van der Waals surface area contributed by atoms with Gasteiger partial charge in [-0.1, -0.05) is 59.9 Å². The number of carbonyl (C=O) groups is 1. The van der Waals surface area contributed by atoms with E-state index in [4.69, 9.17) is 4.74 Å². The molecule has 0 aliphatic rings. The highest BCUT2D eigenvalue weighted by Gasteiger charge is 2.11. The summed E-state index contributed by atoms with van der Waals surface area (Å²) in [5.74, 6) is 0.436. The molecule has 0 radical (unpaired) electrons. The maximum atomic E-state index is 12.8. The second-order valence-corrected chi connectivity index (χ2v) is 7.76. The van der Waals surface area contributed by atoms with Gasteiger partial charge in [-0.15, -0.1) is 10.2 Å². The Bertz CT molecular complexity index is 1320. The predicted molar refractivity (Wildman–Crippen MR) is 119 cm³/mol. The molecule has 7 nitrogen and oxygen atoms in total. The summed E-state index contributed by atoms with van der Waals surface area (Å²) in [6, 6.07) is 24.6. The van der Waals surface area contributed by atoms with Crippen LogP contribution in [-0.4, -0.2) is 25.7 Å². The minimum absolute atomic E-state index is 0.208. The lowest BCUT2D eigenvalue weighted by atomic mass is 10.1. The Labute approximate surface area is 182 Å². The van der Waals surface area contributed by atoms with E-state index in [0.717, 1.165) is 21.1 Å². The number of carbonyl (C=O) groups excluding carboxylic acids is 1. The first-order valence-electron chi connectivity index (χ1n) is 9.60. The number of aromatic nitrogens is 4. The van der Waals surface area contributed by atoms with Gasteiger partial charge in [0.15, 0.2) is 0 Å². The zero-order valence-electron chi connectivity index (χ0n) is 16.3. The minimum Gasteiger partial charge on any atom is -0.489 e. The van der Waals surface area contributed by atoms with E-state index in [1.165, 1.54) is 11.3 Å². The zero-order valence-corrected chi connectivity index (χ0v) is 17.1. The molecule has 0 spiro atoms. The zero-order chi connectivity index (χ0) is 21.0. The molecule has 0 atom stereocenters. The smallest absolute Gasteiger partial charge is 0.255 e. The third kappa shape index (κ3) is 4.29. The highest BCUT2D eigenvalue weighted by Crippen LogP contribution is 2.27. The summed E-state index contributed by atoms with van der Waals surface area (Å²) in [5.41, 5.74) is 3.17. The molecule has 0 aliphatic carbocycles. The third-order valence-electron chi connectivity index (χ3n) is 4.60. The molecule has 0 saturated carbocycles. The fourth-order valence-electron chi connectivity index (χ4n) is 3.08. The van der Waals surface area contributed by atoms with Crippen molar-refractivity contribution in [2.75, 3.05) is 5.32 Å². The monoisotopic (exact) mass is 427 g/mol. The van der Waals surface area contributed by atoms with Crippen molar-refractivity contribution in [1.29, 1.82) is 0 Å². The summed E-state index contributed by atoms with van der Waals surface area (Å²) >= 11 is 1.44. The van der Waals surface area contributed by atoms with E-state index in [1.54, 1.807) is 23.0 Å². The molecule has 31 heavy (non-hydrogen) atoms. The van der Waals surface area contributed by atoms with Gasteiger partial charge >= 0.3 is 0 Å². The Balaban J connectivity index is 1.29. The van der Waals surface area contributed by atoms with Crippen molar-refractivity contribution in [2.45, 2.75) is 6.61 Å². The number of fused-ring (bicyclic) bond motifs is 1. The van der Waals surface area contributed by atoms with Crippen LogP contribution in [0.3, 0.4) is 0 Å². The van der Waals surface area contributed by atoms with Gasteiger partial charge in [0.1, 0.15) is 23.7 Å². The molecule has 3 aromatic carbocycles. The van der Waals surface area contributed by atoms with Gasteiger partial charge in [0, 0.05) is 16.8 Å². The van der Waals surface area contributed by atoms with Crippen LogP contribution in [0.5, 0.6) is 5.75 Å². The number of amides is 1. The van der Waals surface area contributed by atoms with Crippen molar-refractivity contribution >= 4 is 27.9 Å². The Morgan fingerprint density at radius 2 is 1.87 bits per heavy atom. The van der Waals surface area contributed by atoms with Crippen molar-refractivity contribution in [3.8, 4) is 16.3 Å². The molecule has 0 aliphatic heterocycles. The molecule has 1 amide bonds. The Hall–Kier alpha value is -4.04. The summed E-state index contributed by atoms with van der Waals surface area (Å²) in [5, 5.41) is 16.0. The lowest BCUT2D eigenvalue weighted by Gasteiger charge is -2.09. The number of hydrogen-bond donors (Lipinski definition) is 1. The van der Waals surface area contributed by atoms with Crippen LogP contribution in [0.15, 0.2) is 85.2 Å².